The number of sulfonamides is 1. The fraction of sp³-hybridized carbons (Fsp3) is 0.812. The molecule has 0 radical (unpaired) electrons. The molecule has 8 heteroatoms. The summed E-state index contributed by atoms with van der Waals surface area (Å²) in [5, 5.41) is 4.13. The molecule has 2 aliphatic rings. The second-order valence-electron chi connectivity index (χ2n) is 6.64. The van der Waals surface area contributed by atoms with Gasteiger partial charge in [0.15, 0.2) is 0 Å². The molecule has 2 aliphatic heterocycles. The van der Waals surface area contributed by atoms with E-state index in [-0.39, 0.29) is 5.54 Å². The van der Waals surface area contributed by atoms with Gasteiger partial charge in [-0.05, 0) is 39.3 Å². The second-order valence-corrected chi connectivity index (χ2v) is 8.58. The summed E-state index contributed by atoms with van der Waals surface area (Å²) < 4.78 is 35.1. The lowest BCUT2D eigenvalue weighted by molar-refractivity contribution is -0.0263. The molecule has 0 N–H and O–H groups in total. The summed E-state index contributed by atoms with van der Waals surface area (Å²) in [6.45, 7) is 9.19. The van der Waals surface area contributed by atoms with Crippen LogP contribution in [0.5, 0.6) is 0 Å². The van der Waals surface area contributed by atoms with Gasteiger partial charge >= 0.3 is 0 Å². The molecule has 3 rings (SSSR count). The molecule has 0 amide bonds. The first-order valence-corrected chi connectivity index (χ1v) is 10.3. The van der Waals surface area contributed by atoms with E-state index in [1.54, 1.807) is 15.2 Å². The highest BCUT2D eigenvalue weighted by molar-refractivity contribution is 7.89. The van der Waals surface area contributed by atoms with E-state index in [0.717, 1.165) is 32.4 Å². The van der Waals surface area contributed by atoms with Crippen molar-refractivity contribution in [2.45, 2.75) is 50.1 Å². The first-order chi connectivity index (χ1) is 11.5. The van der Waals surface area contributed by atoms with Crippen LogP contribution in [0.25, 0.3) is 0 Å². The third-order valence-electron chi connectivity index (χ3n) is 5.35. The van der Waals surface area contributed by atoms with Crippen molar-refractivity contribution in [3.63, 3.8) is 0 Å². The van der Waals surface area contributed by atoms with Crippen molar-refractivity contribution in [1.29, 1.82) is 0 Å². The fourth-order valence-electron chi connectivity index (χ4n) is 3.91. The molecule has 3 heterocycles. The molecule has 136 valence electrons. The van der Waals surface area contributed by atoms with Gasteiger partial charge in [-0.2, -0.15) is 9.40 Å². The third kappa shape index (κ3) is 3.24. The van der Waals surface area contributed by atoms with Crippen LogP contribution in [0.2, 0.25) is 0 Å². The van der Waals surface area contributed by atoms with Gasteiger partial charge in [-0.3, -0.25) is 9.58 Å². The molecule has 2 fully saturated rings. The summed E-state index contributed by atoms with van der Waals surface area (Å²) in [4.78, 5) is 2.76. The normalized spacial score (nSPS) is 23.4. The van der Waals surface area contributed by atoms with E-state index in [4.69, 9.17) is 4.74 Å². The molecule has 0 bridgehead atoms. The van der Waals surface area contributed by atoms with E-state index in [9.17, 15) is 8.42 Å². The van der Waals surface area contributed by atoms with Crippen LogP contribution in [0.1, 0.15) is 33.1 Å². The highest BCUT2D eigenvalue weighted by atomic mass is 32.2. The summed E-state index contributed by atoms with van der Waals surface area (Å²) in [7, 11) is -3.50. The quantitative estimate of drug-likeness (QED) is 0.810. The smallest absolute Gasteiger partial charge is 0.246 e. The minimum absolute atomic E-state index is 0.0999. The van der Waals surface area contributed by atoms with E-state index in [2.05, 4.69) is 16.9 Å². The van der Waals surface area contributed by atoms with Crippen molar-refractivity contribution in [2.24, 2.45) is 0 Å². The molecule has 1 aromatic heterocycles. The number of nitrogens with zero attached hydrogens (tertiary/aromatic N) is 4. The molecule has 0 aliphatic carbocycles. The van der Waals surface area contributed by atoms with Crippen LogP contribution >= 0.6 is 0 Å². The lowest BCUT2D eigenvalue weighted by Crippen LogP contribution is -2.57. The summed E-state index contributed by atoms with van der Waals surface area (Å²) >= 11 is 0. The zero-order valence-corrected chi connectivity index (χ0v) is 15.5. The SMILES string of the molecule is CCN1CCCN(S(=O)(=O)c2cnn(CC)c2)CC12CCOCC2. The summed E-state index contributed by atoms with van der Waals surface area (Å²) in [5.74, 6) is 0. The monoisotopic (exact) mass is 356 g/mol. The Labute approximate surface area is 144 Å². The summed E-state index contributed by atoms with van der Waals surface area (Å²) in [6, 6.07) is 0. The topological polar surface area (TPSA) is 67.7 Å². The van der Waals surface area contributed by atoms with Gasteiger partial charge in [0.1, 0.15) is 4.90 Å². The zero-order chi connectivity index (χ0) is 17.2. The Balaban J connectivity index is 1.89. The standard InChI is InChI=1S/C16H28N4O3S/c1-3-18-8-5-9-20(14-16(18)6-10-23-11-7-16)24(21,22)15-12-17-19(4-2)13-15/h12-13H,3-11,14H2,1-2H3. The molecular weight excluding hydrogens is 328 g/mol. The molecule has 0 unspecified atom stereocenters. The average Bonchev–Trinajstić information content (AvgIpc) is 3.01. The average molecular weight is 356 g/mol. The Kier molecular flexibility index (Phi) is 5.29. The molecule has 2 saturated heterocycles. The molecule has 0 saturated carbocycles. The van der Waals surface area contributed by atoms with E-state index < -0.39 is 10.0 Å². The van der Waals surface area contributed by atoms with Gasteiger partial charge in [-0.25, -0.2) is 8.42 Å². The minimum atomic E-state index is -3.50. The number of rotatable bonds is 4. The zero-order valence-electron chi connectivity index (χ0n) is 14.6. The number of aromatic nitrogens is 2. The maximum absolute atomic E-state index is 13.1. The lowest BCUT2D eigenvalue weighted by Gasteiger charge is -2.46. The number of likely N-dealkylation sites (N-methyl/N-ethyl adjacent to an activating group) is 1. The fourth-order valence-corrected chi connectivity index (χ4v) is 5.42. The Morgan fingerprint density at radius 3 is 2.58 bits per heavy atom. The van der Waals surface area contributed by atoms with Gasteiger partial charge in [-0.15, -0.1) is 0 Å². The lowest BCUT2D eigenvalue weighted by atomic mass is 9.88. The van der Waals surface area contributed by atoms with Crippen LogP contribution in [0, 0.1) is 0 Å². The summed E-state index contributed by atoms with van der Waals surface area (Å²) in [6.07, 6.45) is 5.74. The van der Waals surface area contributed by atoms with E-state index in [0.29, 0.717) is 37.7 Å². The van der Waals surface area contributed by atoms with Crippen molar-refractivity contribution in [3.8, 4) is 0 Å². The number of aryl methyl sites for hydroxylation is 1. The highest BCUT2D eigenvalue weighted by Crippen LogP contribution is 2.33. The Morgan fingerprint density at radius 1 is 1.21 bits per heavy atom. The Morgan fingerprint density at radius 2 is 1.96 bits per heavy atom. The van der Waals surface area contributed by atoms with Crippen LogP contribution in [-0.4, -0.2) is 72.3 Å². The van der Waals surface area contributed by atoms with Gasteiger partial charge in [0.25, 0.3) is 0 Å². The number of ether oxygens (including phenoxy) is 1. The predicted octanol–water partition coefficient (Wildman–Crippen LogP) is 1.17. The van der Waals surface area contributed by atoms with E-state index in [1.807, 2.05) is 6.92 Å². The van der Waals surface area contributed by atoms with Crippen molar-refractivity contribution in [2.75, 3.05) is 39.4 Å². The van der Waals surface area contributed by atoms with Crippen LogP contribution in [-0.2, 0) is 21.3 Å². The van der Waals surface area contributed by atoms with Crippen molar-refractivity contribution in [3.05, 3.63) is 12.4 Å². The molecule has 7 nitrogen and oxygen atoms in total. The molecule has 0 atom stereocenters. The molecular formula is C16H28N4O3S. The van der Waals surface area contributed by atoms with Crippen LogP contribution in [0.15, 0.2) is 17.3 Å². The minimum Gasteiger partial charge on any atom is -0.381 e. The van der Waals surface area contributed by atoms with E-state index >= 15 is 0 Å². The molecule has 0 aromatic carbocycles. The maximum atomic E-state index is 13.1. The molecule has 1 aromatic rings. The Bertz CT molecular complexity index is 652. The largest absolute Gasteiger partial charge is 0.381 e. The summed E-state index contributed by atoms with van der Waals surface area (Å²) in [5.41, 5.74) is -0.0999. The predicted molar refractivity (Wildman–Crippen MR) is 91.3 cm³/mol. The number of hydrogen-bond acceptors (Lipinski definition) is 5. The van der Waals surface area contributed by atoms with E-state index in [1.165, 1.54) is 6.20 Å². The van der Waals surface area contributed by atoms with Crippen molar-refractivity contribution < 1.29 is 13.2 Å². The third-order valence-corrected chi connectivity index (χ3v) is 7.15. The van der Waals surface area contributed by atoms with Crippen LogP contribution < -0.4 is 0 Å². The van der Waals surface area contributed by atoms with Gasteiger partial charge < -0.3 is 4.74 Å². The molecule has 24 heavy (non-hydrogen) atoms. The van der Waals surface area contributed by atoms with Gasteiger partial charge in [0.05, 0.1) is 6.20 Å². The first-order valence-electron chi connectivity index (χ1n) is 8.87. The Hall–Kier alpha value is -0.960. The van der Waals surface area contributed by atoms with Crippen molar-refractivity contribution in [1.82, 2.24) is 19.0 Å². The van der Waals surface area contributed by atoms with Crippen LogP contribution in [0.3, 0.4) is 0 Å². The van der Waals surface area contributed by atoms with Gasteiger partial charge in [0, 0.05) is 44.6 Å². The maximum Gasteiger partial charge on any atom is 0.246 e. The number of hydrogen-bond donors (Lipinski definition) is 0. The van der Waals surface area contributed by atoms with Crippen molar-refractivity contribution >= 4 is 10.0 Å². The van der Waals surface area contributed by atoms with Crippen LogP contribution in [0.4, 0.5) is 0 Å². The molecule has 1 spiro atoms. The van der Waals surface area contributed by atoms with Gasteiger partial charge in [-0.1, -0.05) is 6.92 Å². The van der Waals surface area contributed by atoms with Gasteiger partial charge in [0.2, 0.25) is 10.0 Å². The highest BCUT2D eigenvalue weighted by Gasteiger charge is 2.43. The first kappa shape index (κ1) is 17.8. The second kappa shape index (κ2) is 7.11.